The molecule has 3 heterocycles. The zero-order valence-corrected chi connectivity index (χ0v) is 18.3. The maximum atomic E-state index is 13.1. The van der Waals surface area contributed by atoms with Crippen LogP contribution in [0.2, 0.25) is 0 Å². The van der Waals surface area contributed by atoms with Crippen LogP contribution < -0.4 is 10.4 Å². The molecule has 0 aliphatic rings. The number of nitrogens with zero attached hydrogens (tertiary/aromatic N) is 3. The lowest BCUT2D eigenvalue weighted by molar-refractivity contribution is 0.415. The number of rotatable bonds is 4. The van der Waals surface area contributed by atoms with Gasteiger partial charge < -0.3 is 9.15 Å². The van der Waals surface area contributed by atoms with Gasteiger partial charge >= 0.3 is 5.63 Å². The topological polar surface area (TPSA) is 69.6 Å². The van der Waals surface area contributed by atoms with Crippen molar-refractivity contribution in [2.45, 2.75) is 0 Å². The monoisotopic (exact) mass is 445 g/mol. The van der Waals surface area contributed by atoms with Crippen molar-refractivity contribution in [3.05, 3.63) is 108 Å². The number of fused-ring (bicyclic) bond motifs is 2. The predicted molar refractivity (Wildman–Crippen MR) is 132 cm³/mol. The molecule has 0 amide bonds. The third kappa shape index (κ3) is 3.33. The van der Waals surface area contributed by atoms with Gasteiger partial charge in [-0.15, -0.1) is 0 Å². The van der Waals surface area contributed by atoms with E-state index in [0.717, 1.165) is 33.5 Å². The predicted octanol–water partition coefficient (Wildman–Crippen LogP) is 5.85. The first-order valence-electron chi connectivity index (χ1n) is 10.8. The summed E-state index contributed by atoms with van der Waals surface area (Å²) in [6.45, 7) is 0. The molecule has 0 aliphatic heterocycles. The molecule has 0 N–H and O–H groups in total. The van der Waals surface area contributed by atoms with Crippen LogP contribution in [0.15, 0.2) is 106 Å². The second kappa shape index (κ2) is 8.01. The van der Waals surface area contributed by atoms with E-state index < -0.39 is 5.63 Å². The van der Waals surface area contributed by atoms with Crippen LogP contribution in [0.1, 0.15) is 0 Å². The zero-order chi connectivity index (χ0) is 23.1. The first-order valence-corrected chi connectivity index (χ1v) is 10.8. The van der Waals surface area contributed by atoms with E-state index >= 15 is 0 Å². The van der Waals surface area contributed by atoms with Gasteiger partial charge in [0.2, 0.25) is 0 Å². The lowest BCUT2D eigenvalue weighted by Gasteiger charge is -2.11. The van der Waals surface area contributed by atoms with Crippen LogP contribution >= 0.6 is 0 Å². The fourth-order valence-corrected chi connectivity index (χ4v) is 4.20. The van der Waals surface area contributed by atoms with E-state index in [1.54, 1.807) is 17.7 Å². The van der Waals surface area contributed by atoms with Gasteiger partial charge in [-0.05, 0) is 42.0 Å². The molecule has 0 fully saturated rings. The Morgan fingerprint density at radius 2 is 1.56 bits per heavy atom. The van der Waals surface area contributed by atoms with Crippen molar-refractivity contribution in [3.63, 3.8) is 0 Å². The van der Waals surface area contributed by atoms with Gasteiger partial charge in [0.25, 0.3) is 0 Å². The minimum atomic E-state index is -0.394. The lowest BCUT2D eigenvalue weighted by atomic mass is 9.96. The molecule has 0 unspecified atom stereocenters. The molecule has 34 heavy (non-hydrogen) atoms. The molecule has 164 valence electrons. The van der Waals surface area contributed by atoms with Gasteiger partial charge in [0.15, 0.2) is 5.65 Å². The number of hydrogen-bond donors (Lipinski definition) is 0. The fourth-order valence-electron chi connectivity index (χ4n) is 4.20. The van der Waals surface area contributed by atoms with Crippen molar-refractivity contribution >= 4 is 16.6 Å². The highest BCUT2D eigenvalue weighted by molar-refractivity contribution is 6.00. The van der Waals surface area contributed by atoms with Gasteiger partial charge in [-0.3, -0.25) is 0 Å². The third-order valence-electron chi connectivity index (χ3n) is 5.84. The highest BCUT2D eigenvalue weighted by Crippen LogP contribution is 2.35. The van der Waals surface area contributed by atoms with Gasteiger partial charge in [-0.1, -0.05) is 48.5 Å². The van der Waals surface area contributed by atoms with Crippen molar-refractivity contribution < 1.29 is 9.15 Å². The number of ether oxygens (including phenoxy) is 1. The molecule has 0 spiro atoms. The van der Waals surface area contributed by atoms with Gasteiger partial charge in [0, 0.05) is 28.8 Å². The second-order valence-electron chi connectivity index (χ2n) is 7.88. The first-order chi connectivity index (χ1) is 16.7. The number of benzene rings is 3. The number of aromatic nitrogens is 3. The molecule has 6 rings (SSSR count). The summed E-state index contributed by atoms with van der Waals surface area (Å²) in [4.78, 5) is 18.0. The molecule has 3 aromatic heterocycles. The van der Waals surface area contributed by atoms with Crippen LogP contribution in [-0.4, -0.2) is 21.7 Å². The van der Waals surface area contributed by atoms with E-state index in [1.807, 2.05) is 91.1 Å². The summed E-state index contributed by atoms with van der Waals surface area (Å²) < 4.78 is 12.7. The Morgan fingerprint density at radius 3 is 2.35 bits per heavy atom. The van der Waals surface area contributed by atoms with E-state index in [0.29, 0.717) is 22.5 Å². The van der Waals surface area contributed by atoms with Gasteiger partial charge in [-0.2, -0.15) is 5.10 Å². The molecule has 0 saturated heterocycles. The second-order valence-corrected chi connectivity index (χ2v) is 7.88. The molecule has 6 heteroatoms. The minimum absolute atomic E-state index is 0.394. The van der Waals surface area contributed by atoms with Crippen molar-refractivity contribution in [2.24, 2.45) is 0 Å². The normalized spacial score (nSPS) is 11.2. The summed E-state index contributed by atoms with van der Waals surface area (Å²) >= 11 is 0. The Bertz CT molecular complexity index is 1700. The molecule has 6 nitrogen and oxygen atoms in total. The smallest absolute Gasteiger partial charge is 0.344 e. The summed E-state index contributed by atoms with van der Waals surface area (Å²) in [5.41, 5.74) is 5.27. The average molecular weight is 445 g/mol. The van der Waals surface area contributed by atoms with E-state index in [1.165, 1.54) is 0 Å². The van der Waals surface area contributed by atoms with E-state index in [2.05, 4.69) is 5.10 Å². The highest BCUT2D eigenvalue weighted by Gasteiger charge is 2.19. The molecule has 3 aromatic carbocycles. The maximum Gasteiger partial charge on any atom is 0.344 e. The molecule has 0 saturated carbocycles. The van der Waals surface area contributed by atoms with Crippen LogP contribution in [0.25, 0.3) is 50.3 Å². The highest BCUT2D eigenvalue weighted by atomic mass is 16.5. The molecule has 0 bridgehead atoms. The molecular formula is C28H19N3O3. The summed E-state index contributed by atoms with van der Waals surface area (Å²) in [7, 11) is 1.64. The number of para-hydroxylation sites is 1. The Labute approximate surface area is 194 Å². The Morgan fingerprint density at radius 1 is 0.794 bits per heavy atom. The van der Waals surface area contributed by atoms with Crippen LogP contribution in [-0.2, 0) is 0 Å². The standard InChI is InChI=1S/C28H19N3O3/c1-33-20-13-11-18(12-14-20)23-17-25-29-22(15-16-31(25)30-23)27-21-9-5-6-10-24(21)34-28(32)26(27)19-7-3-2-4-8-19/h2-17H,1H3. The van der Waals surface area contributed by atoms with E-state index in [9.17, 15) is 4.79 Å². The summed E-state index contributed by atoms with van der Waals surface area (Å²) in [6.07, 6.45) is 1.86. The number of hydrogen-bond acceptors (Lipinski definition) is 5. The van der Waals surface area contributed by atoms with Crippen molar-refractivity contribution in [2.75, 3.05) is 7.11 Å². The van der Waals surface area contributed by atoms with Crippen molar-refractivity contribution in [3.8, 4) is 39.4 Å². The van der Waals surface area contributed by atoms with Gasteiger partial charge in [0.05, 0.1) is 24.1 Å². The summed E-state index contributed by atoms with van der Waals surface area (Å²) in [5.74, 6) is 0.788. The van der Waals surface area contributed by atoms with E-state index in [4.69, 9.17) is 14.1 Å². The lowest BCUT2D eigenvalue weighted by Crippen LogP contribution is -2.07. The Balaban J connectivity index is 1.57. The van der Waals surface area contributed by atoms with Crippen molar-refractivity contribution in [1.82, 2.24) is 14.6 Å². The minimum Gasteiger partial charge on any atom is -0.497 e. The number of methoxy groups -OCH3 is 1. The summed E-state index contributed by atoms with van der Waals surface area (Å²) in [6, 6.07) is 28.6. The first kappa shape index (κ1) is 19.9. The Hall–Kier alpha value is -4.71. The van der Waals surface area contributed by atoms with Crippen LogP contribution in [0, 0.1) is 0 Å². The van der Waals surface area contributed by atoms with Gasteiger partial charge in [0.1, 0.15) is 11.3 Å². The molecule has 0 atom stereocenters. The molecule has 0 radical (unpaired) electrons. The fraction of sp³-hybridized carbons (Fsp3) is 0.0357. The quantitative estimate of drug-likeness (QED) is 0.319. The Kier molecular flexibility index (Phi) is 4.70. The third-order valence-corrected chi connectivity index (χ3v) is 5.84. The molecular weight excluding hydrogens is 426 g/mol. The van der Waals surface area contributed by atoms with E-state index in [-0.39, 0.29) is 0 Å². The van der Waals surface area contributed by atoms with Crippen LogP contribution in [0.4, 0.5) is 0 Å². The van der Waals surface area contributed by atoms with Crippen LogP contribution in [0.3, 0.4) is 0 Å². The maximum absolute atomic E-state index is 13.1. The van der Waals surface area contributed by atoms with Gasteiger partial charge in [-0.25, -0.2) is 14.3 Å². The molecule has 6 aromatic rings. The van der Waals surface area contributed by atoms with Crippen molar-refractivity contribution in [1.29, 1.82) is 0 Å². The zero-order valence-electron chi connectivity index (χ0n) is 18.3. The SMILES string of the molecule is COc1ccc(-c2cc3nc(-c4c(-c5ccccc5)c(=O)oc5ccccc45)ccn3n2)cc1. The van der Waals surface area contributed by atoms with Crippen LogP contribution in [0.5, 0.6) is 5.75 Å². The largest absolute Gasteiger partial charge is 0.497 e. The molecule has 0 aliphatic carbocycles. The summed E-state index contributed by atoms with van der Waals surface area (Å²) in [5, 5.41) is 5.49. The average Bonchev–Trinajstić information content (AvgIpc) is 3.32.